The lowest BCUT2D eigenvalue weighted by molar-refractivity contribution is -0.110. The molecule has 3 fully saturated rings. The predicted molar refractivity (Wildman–Crippen MR) is 210 cm³/mol. The summed E-state index contributed by atoms with van der Waals surface area (Å²) in [4.78, 5) is 25.9. The van der Waals surface area contributed by atoms with Gasteiger partial charge in [-0.25, -0.2) is 18.1 Å². The van der Waals surface area contributed by atoms with Crippen LogP contribution in [0.2, 0.25) is 5.02 Å². The molecule has 2 aromatic carbocycles. The molecule has 3 saturated carbocycles. The van der Waals surface area contributed by atoms with Crippen molar-refractivity contribution < 1.29 is 27.3 Å². The molecule has 6 rings (SSSR count). The van der Waals surface area contributed by atoms with E-state index in [1.807, 2.05) is 54.2 Å². The average Bonchev–Trinajstić information content (AvgIpc) is 4.04. The molecular weight excluding hydrogens is 739 g/mol. The second-order valence-corrected chi connectivity index (χ2v) is 18.4. The Labute approximate surface area is 319 Å². The molecule has 282 valence electrons. The molecule has 0 saturated heterocycles. The molecule has 10 nitrogen and oxygen atoms in total. The number of ether oxygens (including phenoxy) is 1. The van der Waals surface area contributed by atoms with Crippen molar-refractivity contribution in [2.24, 2.45) is 11.8 Å². The highest BCUT2D eigenvalue weighted by atomic mass is 35.5. The first kappa shape index (κ1) is 41.6. The van der Waals surface area contributed by atoms with Gasteiger partial charge < -0.3 is 10.1 Å². The fourth-order valence-corrected chi connectivity index (χ4v) is 8.20. The quantitative estimate of drug-likeness (QED) is 0.0638. The van der Waals surface area contributed by atoms with Crippen molar-refractivity contribution in [1.29, 1.82) is 0 Å². The van der Waals surface area contributed by atoms with Crippen LogP contribution in [0, 0.1) is 11.8 Å². The van der Waals surface area contributed by atoms with E-state index in [9.17, 15) is 22.6 Å². The van der Waals surface area contributed by atoms with Crippen molar-refractivity contribution in [2.75, 3.05) is 13.6 Å². The number of carbonyl (C=O) groups excluding carboxylic acids is 2. The summed E-state index contributed by atoms with van der Waals surface area (Å²) < 4.78 is 41.6. The van der Waals surface area contributed by atoms with Crippen molar-refractivity contribution in [3.63, 3.8) is 0 Å². The van der Waals surface area contributed by atoms with Gasteiger partial charge in [-0.2, -0.15) is 0 Å². The molecule has 2 amide bonds. The molecule has 1 heterocycles. The van der Waals surface area contributed by atoms with Crippen LogP contribution in [0.1, 0.15) is 78.1 Å². The lowest BCUT2D eigenvalue weighted by Gasteiger charge is -2.26. The minimum Gasteiger partial charge on any atom is -0.473 e. The first-order valence-electron chi connectivity index (χ1n) is 17.8. The molecule has 2 N–H and O–H groups in total. The molecule has 0 radical (unpaired) electrons. The third-order valence-corrected chi connectivity index (χ3v) is 13.4. The Morgan fingerprint density at radius 3 is 2.40 bits per heavy atom. The Balaban J connectivity index is 0.000000198. The van der Waals surface area contributed by atoms with E-state index >= 15 is 0 Å². The Bertz CT molecular complexity index is 1720. The molecule has 3 aromatic rings. The highest BCUT2D eigenvalue weighted by Gasteiger charge is 2.50. The van der Waals surface area contributed by atoms with Gasteiger partial charge in [-0.3, -0.25) is 18.9 Å². The fraction of sp³-hybridized carbons (Fsp3) is 0.500. The number of hydrogen-bond donors (Lipinski definition) is 2. The number of aromatic nitrogens is 1. The number of nitrogens with zero attached hydrogens (tertiary/aromatic N) is 2. The summed E-state index contributed by atoms with van der Waals surface area (Å²) >= 11 is 7.75. The second kappa shape index (κ2) is 20.3. The van der Waals surface area contributed by atoms with Crippen LogP contribution >= 0.6 is 31.5 Å². The smallest absolute Gasteiger partial charge is 0.248 e. The zero-order valence-electron chi connectivity index (χ0n) is 30.1. The Hall–Kier alpha value is -3.15. The molecule has 14 heteroatoms. The van der Waals surface area contributed by atoms with Crippen LogP contribution in [-0.2, 0) is 24.2 Å². The molecule has 0 bridgehead atoms. The van der Waals surface area contributed by atoms with E-state index in [1.165, 1.54) is 12.8 Å². The topological polar surface area (TPSA) is 135 Å². The summed E-state index contributed by atoms with van der Waals surface area (Å²) in [5.41, 5.74) is 2.23. The number of unbranched alkanes of at least 4 members (excludes halogenated alkanes) is 2. The number of amides is 2. The number of carbonyl (C=O) groups is 2. The lowest BCUT2D eigenvalue weighted by atomic mass is 9.89. The van der Waals surface area contributed by atoms with E-state index in [4.69, 9.17) is 21.3 Å². The monoisotopic (exact) mass is 788 g/mol. The highest BCUT2D eigenvalue weighted by Crippen LogP contribution is 2.43. The number of hydrogen-bond acceptors (Lipinski definition) is 8. The Morgan fingerprint density at radius 2 is 1.77 bits per heavy atom. The summed E-state index contributed by atoms with van der Waals surface area (Å²) in [7, 11) is -1.42. The van der Waals surface area contributed by atoms with Crippen LogP contribution < -0.4 is 14.8 Å². The molecular formula is C38H50ClN4O6PS2. The highest BCUT2D eigenvalue weighted by molar-refractivity contribution is 7.91. The van der Waals surface area contributed by atoms with Crippen molar-refractivity contribution in [3.05, 3.63) is 71.8 Å². The summed E-state index contributed by atoms with van der Waals surface area (Å²) in [5, 5.41) is 4.51. The largest absolute Gasteiger partial charge is 0.473 e. The molecule has 0 aliphatic heterocycles. The number of halogens is 1. The lowest BCUT2D eigenvalue weighted by Crippen LogP contribution is -2.32. The molecule has 0 spiro atoms. The summed E-state index contributed by atoms with van der Waals surface area (Å²) in [6, 6.07) is 18.6. The Kier molecular flexibility index (Phi) is 16.3. The first-order chi connectivity index (χ1) is 25.0. The van der Waals surface area contributed by atoms with E-state index in [0.29, 0.717) is 24.8 Å². The van der Waals surface area contributed by atoms with Gasteiger partial charge in [-0.15, -0.1) is 11.3 Å². The number of nitrogens with one attached hydrogen (secondary N) is 2. The summed E-state index contributed by atoms with van der Waals surface area (Å²) in [6.07, 6.45) is 16.0. The van der Waals surface area contributed by atoms with Gasteiger partial charge in [0.2, 0.25) is 37.3 Å². The van der Waals surface area contributed by atoms with Gasteiger partial charge in [-0.1, -0.05) is 79.6 Å². The minimum absolute atomic E-state index is 0.102. The van der Waals surface area contributed by atoms with Crippen LogP contribution in [0.4, 0.5) is 0 Å². The van der Waals surface area contributed by atoms with Crippen LogP contribution in [0.5, 0.6) is 5.88 Å². The minimum atomic E-state index is -3.35. The zero-order chi connectivity index (χ0) is 37.6. The van der Waals surface area contributed by atoms with Gasteiger partial charge in [0, 0.05) is 23.2 Å². The van der Waals surface area contributed by atoms with Crippen LogP contribution in [-0.4, -0.2) is 61.4 Å². The van der Waals surface area contributed by atoms with Crippen LogP contribution in [0.3, 0.4) is 0 Å². The predicted octanol–water partition coefficient (Wildman–Crippen LogP) is 8.69. The molecule has 1 aromatic heterocycles. The fourth-order valence-electron chi connectivity index (χ4n) is 5.79. The van der Waals surface area contributed by atoms with Gasteiger partial charge in [0.25, 0.3) is 0 Å². The molecule has 3 aliphatic carbocycles. The van der Waals surface area contributed by atoms with Crippen molar-refractivity contribution in [1.82, 2.24) is 19.7 Å². The normalized spacial score (nSPS) is 21.6. The van der Waals surface area contributed by atoms with E-state index in [2.05, 4.69) is 36.5 Å². The van der Waals surface area contributed by atoms with Crippen LogP contribution in [0.15, 0.2) is 66.7 Å². The maximum atomic E-state index is 11.0. The molecule has 3 aliphatic rings. The number of allylic oxidation sites excluding steroid dienone is 1. The third kappa shape index (κ3) is 13.1. The average molecular weight is 789 g/mol. The van der Waals surface area contributed by atoms with Gasteiger partial charge in [0.1, 0.15) is 11.1 Å². The zero-order valence-corrected chi connectivity index (χ0v) is 33.4. The number of rotatable bonds is 16. The summed E-state index contributed by atoms with van der Waals surface area (Å²) in [6.45, 7) is 4.81. The van der Waals surface area contributed by atoms with Gasteiger partial charge in [-0.05, 0) is 101 Å². The van der Waals surface area contributed by atoms with Gasteiger partial charge in [0.15, 0.2) is 0 Å². The van der Waals surface area contributed by atoms with E-state index in [1.54, 1.807) is 22.9 Å². The first-order valence-corrected chi connectivity index (χ1v) is 21.3. The molecule has 2 unspecified atom stereocenters. The standard InChI is InChI=1S/C22H22ClNOS.C11H19N2O2P.C5H9NO3S/c1-15-6-5-9-19(14-15)25-21-20(16-10-12-18(23)13-11-16)26-22(24-21)17-7-3-2-4-8-17;1-13(16-15)7-5-3-2-4-6-10-8-11(10)12-9-14;1-5(2-3-5)10(8,9)6-4-7/h2-4,7-8,10-13,15,19H,5-6,9,14H2,1H3;4,6,9-11H,2-3,5,7-8H2,1H3,(H,12,14);4H,2-3H2,1H3,(H,6,7)/b;6-4-;/t15?,19-;10-,11?;/m01./s1. The Morgan fingerprint density at radius 1 is 1.04 bits per heavy atom. The summed E-state index contributed by atoms with van der Waals surface area (Å²) in [5.74, 6) is 2.03. The maximum Gasteiger partial charge on any atom is 0.248 e. The van der Waals surface area contributed by atoms with E-state index in [-0.39, 0.29) is 21.1 Å². The number of sulfonamides is 1. The van der Waals surface area contributed by atoms with Crippen molar-refractivity contribution in [3.8, 4) is 26.9 Å². The van der Waals surface area contributed by atoms with Gasteiger partial charge >= 0.3 is 0 Å². The number of benzene rings is 2. The van der Waals surface area contributed by atoms with E-state index < -0.39 is 14.8 Å². The number of thiazole rings is 1. The van der Waals surface area contributed by atoms with Crippen LogP contribution in [0.25, 0.3) is 21.0 Å². The molecule has 4 atom stereocenters. The van der Waals surface area contributed by atoms with E-state index in [0.717, 1.165) is 89.3 Å². The van der Waals surface area contributed by atoms with Gasteiger partial charge in [0.05, 0.1) is 9.62 Å². The SMILES string of the molecule is CC1(S(=O)(=O)NC=O)CC1.CC1CCC[C@H](Oc2nc(-c3ccccc3)sc2-c2ccc(Cl)cc2)C1.CN(CCCC/C=C\[C@@H]1CC1NC=O)P=O. The molecule has 52 heavy (non-hydrogen) atoms. The second-order valence-electron chi connectivity index (χ2n) is 13.9. The van der Waals surface area contributed by atoms with Crippen molar-refractivity contribution >= 4 is 54.4 Å². The van der Waals surface area contributed by atoms with Crippen molar-refractivity contribution in [2.45, 2.75) is 94.9 Å². The maximum absolute atomic E-state index is 11.0. The third-order valence-electron chi connectivity index (χ3n) is 9.44.